The average Bonchev–Trinajstić information content (AvgIpc) is 3.25. The van der Waals surface area contributed by atoms with Crippen molar-refractivity contribution in [3.63, 3.8) is 0 Å². The van der Waals surface area contributed by atoms with E-state index >= 15 is 0 Å². The fourth-order valence-corrected chi connectivity index (χ4v) is 2.96. The van der Waals surface area contributed by atoms with Crippen LogP contribution in [0.15, 0.2) is 60.9 Å². The molecule has 116 valence electrons. The third kappa shape index (κ3) is 2.13. The summed E-state index contributed by atoms with van der Waals surface area (Å²) in [4.78, 5) is 9.24. The number of benzene rings is 2. The average molecular weight is 313 g/mol. The van der Waals surface area contributed by atoms with Crippen LogP contribution in [0, 0.1) is 0 Å². The molecule has 5 nitrogen and oxygen atoms in total. The zero-order chi connectivity index (χ0) is 16.1. The van der Waals surface area contributed by atoms with Gasteiger partial charge in [-0.25, -0.2) is 9.67 Å². The van der Waals surface area contributed by atoms with E-state index in [2.05, 4.69) is 51.6 Å². The summed E-state index contributed by atoms with van der Waals surface area (Å²) >= 11 is 0. The zero-order valence-corrected chi connectivity index (χ0v) is 13.1. The minimum absolute atomic E-state index is 0.177. The predicted molar refractivity (Wildman–Crippen MR) is 94.1 cm³/mol. The SMILES string of the molecule is C[C@@H](Nc1cnc2cc(-c3cn4nc3-4)ccc2n1)c1ccccc1. The lowest BCUT2D eigenvalue weighted by Crippen LogP contribution is -2.08. The number of hydrogen-bond donors (Lipinski definition) is 1. The second-order valence-corrected chi connectivity index (χ2v) is 6.05. The molecule has 2 aromatic carbocycles. The highest BCUT2D eigenvalue weighted by Crippen LogP contribution is 2.35. The maximum absolute atomic E-state index is 4.68. The number of hydrogen-bond acceptors (Lipinski definition) is 4. The maximum atomic E-state index is 4.68. The smallest absolute Gasteiger partial charge is 0.183 e. The van der Waals surface area contributed by atoms with Gasteiger partial charge in [0.25, 0.3) is 0 Å². The molecular formula is C19H15N5. The van der Waals surface area contributed by atoms with Crippen molar-refractivity contribution in [2.45, 2.75) is 13.0 Å². The van der Waals surface area contributed by atoms with Crippen molar-refractivity contribution < 1.29 is 0 Å². The Bertz CT molecular complexity index is 1050. The van der Waals surface area contributed by atoms with E-state index in [1.165, 1.54) is 11.1 Å². The molecule has 0 spiro atoms. The minimum Gasteiger partial charge on any atom is -0.362 e. The molecule has 0 radical (unpaired) electrons. The third-order valence-electron chi connectivity index (χ3n) is 4.39. The van der Waals surface area contributed by atoms with Crippen LogP contribution in [-0.4, -0.2) is 19.7 Å². The molecular weight excluding hydrogens is 298 g/mol. The van der Waals surface area contributed by atoms with Crippen molar-refractivity contribution in [1.29, 1.82) is 0 Å². The van der Waals surface area contributed by atoms with Crippen molar-refractivity contribution in [2.24, 2.45) is 0 Å². The lowest BCUT2D eigenvalue weighted by molar-refractivity contribution is 0.874. The van der Waals surface area contributed by atoms with E-state index in [1.54, 1.807) is 6.20 Å². The van der Waals surface area contributed by atoms with Gasteiger partial charge in [0.1, 0.15) is 5.82 Å². The van der Waals surface area contributed by atoms with Crippen LogP contribution in [0.2, 0.25) is 0 Å². The molecule has 1 aromatic heterocycles. The van der Waals surface area contributed by atoms with Crippen LogP contribution in [0.25, 0.3) is 28.0 Å². The first kappa shape index (κ1) is 13.2. The van der Waals surface area contributed by atoms with Crippen LogP contribution in [0.5, 0.6) is 0 Å². The molecule has 0 saturated heterocycles. The molecule has 2 aliphatic heterocycles. The molecule has 0 aliphatic carbocycles. The number of nitrogens with zero attached hydrogens (tertiary/aromatic N) is 4. The van der Waals surface area contributed by atoms with Crippen molar-refractivity contribution in [2.75, 3.05) is 5.32 Å². The van der Waals surface area contributed by atoms with Gasteiger partial charge in [0.05, 0.1) is 17.2 Å². The van der Waals surface area contributed by atoms with Crippen LogP contribution < -0.4 is 5.32 Å². The van der Waals surface area contributed by atoms with E-state index in [0.717, 1.165) is 28.2 Å². The Morgan fingerprint density at radius 3 is 2.67 bits per heavy atom. The van der Waals surface area contributed by atoms with E-state index in [1.807, 2.05) is 35.1 Å². The molecule has 24 heavy (non-hydrogen) atoms. The number of aromatic nitrogens is 4. The van der Waals surface area contributed by atoms with Gasteiger partial charge >= 0.3 is 0 Å². The predicted octanol–water partition coefficient (Wildman–Crippen LogP) is 3.97. The summed E-state index contributed by atoms with van der Waals surface area (Å²) in [5.74, 6) is 1.85. The summed E-state index contributed by atoms with van der Waals surface area (Å²) < 4.78 is 1.88. The van der Waals surface area contributed by atoms with Crippen LogP contribution in [-0.2, 0) is 0 Å². The highest BCUT2D eigenvalue weighted by atomic mass is 15.5. The molecule has 1 N–H and O–H groups in total. The topological polar surface area (TPSA) is 55.6 Å². The monoisotopic (exact) mass is 313 g/mol. The van der Waals surface area contributed by atoms with Crippen molar-refractivity contribution in [3.8, 4) is 16.9 Å². The molecule has 3 aromatic rings. The Hall–Kier alpha value is -3.21. The Labute approximate surface area is 139 Å². The Morgan fingerprint density at radius 2 is 1.92 bits per heavy atom. The lowest BCUT2D eigenvalue weighted by atomic mass is 10.1. The fraction of sp³-hybridized carbons (Fsp3) is 0.105. The highest BCUT2D eigenvalue weighted by Gasteiger charge is 2.24. The van der Waals surface area contributed by atoms with Crippen molar-refractivity contribution >= 4 is 16.9 Å². The quantitative estimate of drug-likeness (QED) is 0.545. The molecule has 0 saturated carbocycles. The Balaban J connectivity index is 1.43. The summed E-state index contributed by atoms with van der Waals surface area (Å²) in [6.45, 7) is 2.12. The van der Waals surface area contributed by atoms with E-state index < -0.39 is 0 Å². The first-order valence-corrected chi connectivity index (χ1v) is 7.97. The van der Waals surface area contributed by atoms with Crippen LogP contribution in [0.3, 0.4) is 0 Å². The van der Waals surface area contributed by atoms with Gasteiger partial charge in [0.2, 0.25) is 0 Å². The third-order valence-corrected chi connectivity index (χ3v) is 4.39. The van der Waals surface area contributed by atoms with Crippen LogP contribution >= 0.6 is 0 Å². The fourth-order valence-electron chi connectivity index (χ4n) is 2.96. The normalized spacial score (nSPS) is 13.0. The molecule has 3 heterocycles. The summed E-state index contributed by atoms with van der Waals surface area (Å²) in [6, 6.07) is 16.7. The summed E-state index contributed by atoms with van der Waals surface area (Å²) in [5, 5.41) is 7.60. The second kappa shape index (κ2) is 4.89. The summed E-state index contributed by atoms with van der Waals surface area (Å²) in [6.07, 6.45) is 3.82. The van der Waals surface area contributed by atoms with E-state index in [-0.39, 0.29) is 6.04 Å². The maximum Gasteiger partial charge on any atom is 0.183 e. The van der Waals surface area contributed by atoms with E-state index in [0.29, 0.717) is 0 Å². The van der Waals surface area contributed by atoms with E-state index in [9.17, 15) is 0 Å². The lowest BCUT2D eigenvalue weighted by Gasteiger charge is -2.15. The first-order valence-electron chi connectivity index (χ1n) is 7.97. The molecule has 5 heteroatoms. The van der Waals surface area contributed by atoms with Gasteiger partial charge in [-0.1, -0.05) is 36.4 Å². The number of fused-ring (bicyclic) bond motifs is 2. The van der Waals surface area contributed by atoms with Gasteiger partial charge in [-0.2, -0.15) is 0 Å². The standard InChI is InChI=1S/C19H15N5/c1-12(13-5-3-2-4-6-13)21-18-10-20-17-9-14(7-8-16(17)22-18)15-11-24-19(15)23-24/h2-12H,1H3,(H,21,22)/t12-,24?/m1/s1. The molecule has 0 unspecified atom stereocenters. The number of nitrogens with one attached hydrogen (secondary N) is 1. The number of rotatable bonds is 4. The van der Waals surface area contributed by atoms with Gasteiger partial charge in [0, 0.05) is 17.8 Å². The summed E-state index contributed by atoms with van der Waals surface area (Å²) in [7, 11) is 0. The molecule has 5 rings (SSSR count). The molecule has 0 bridgehead atoms. The minimum atomic E-state index is 0.177. The van der Waals surface area contributed by atoms with Crippen LogP contribution in [0.4, 0.5) is 5.82 Å². The van der Waals surface area contributed by atoms with Crippen LogP contribution in [0.1, 0.15) is 18.5 Å². The molecule has 2 aliphatic rings. The Kier molecular flexibility index (Phi) is 2.70. The van der Waals surface area contributed by atoms with Gasteiger partial charge in [-0.05, 0) is 30.2 Å². The van der Waals surface area contributed by atoms with Crippen molar-refractivity contribution in [1.82, 2.24) is 19.7 Å². The van der Waals surface area contributed by atoms with Gasteiger partial charge < -0.3 is 5.32 Å². The highest BCUT2D eigenvalue weighted by molar-refractivity contribution is 5.85. The first-order chi connectivity index (χ1) is 11.8. The molecule has 0 amide bonds. The molecule has 0 fully saturated rings. The summed E-state index contributed by atoms with van der Waals surface area (Å²) in [5.41, 5.74) is 5.33. The van der Waals surface area contributed by atoms with Crippen molar-refractivity contribution in [3.05, 3.63) is 66.5 Å². The number of anilines is 1. The second-order valence-electron chi connectivity index (χ2n) is 6.05. The Morgan fingerprint density at radius 1 is 1.04 bits per heavy atom. The van der Waals surface area contributed by atoms with E-state index in [4.69, 9.17) is 0 Å². The zero-order valence-electron chi connectivity index (χ0n) is 13.1. The molecule has 1 atom stereocenters. The largest absolute Gasteiger partial charge is 0.362 e. The van der Waals surface area contributed by atoms with Gasteiger partial charge in [0.15, 0.2) is 5.82 Å². The van der Waals surface area contributed by atoms with Gasteiger partial charge in [-0.3, -0.25) is 4.98 Å². The van der Waals surface area contributed by atoms with Gasteiger partial charge in [-0.15, -0.1) is 5.10 Å².